The van der Waals surface area contributed by atoms with Crippen LogP contribution in [0.4, 0.5) is 0 Å². The molecule has 0 atom stereocenters. The second-order valence-electron chi connectivity index (χ2n) is 5.95. The lowest BCUT2D eigenvalue weighted by atomic mass is 10.1. The Labute approximate surface area is 158 Å². The molecule has 27 heavy (non-hydrogen) atoms. The van der Waals surface area contributed by atoms with Crippen molar-refractivity contribution in [1.82, 2.24) is 10.3 Å². The van der Waals surface area contributed by atoms with Gasteiger partial charge in [0.05, 0.1) is 4.90 Å². The summed E-state index contributed by atoms with van der Waals surface area (Å²) < 4.78 is 30.1. The molecule has 0 heterocycles. The van der Waals surface area contributed by atoms with Gasteiger partial charge in [-0.3, -0.25) is 10.2 Å². The predicted octanol–water partition coefficient (Wildman–Crippen LogP) is 2.79. The van der Waals surface area contributed by atoms with E-state index in [4.69, 9.17) is 4.74 Å². The van der Waals surface area contributed by atoms with Crippen LogP contribution in [-0.2, 0) is 21.2 Å². The fraction of sp³-hybridized carbons (Fsp3) is 0.150. The molecule has 1 amide bonds. The summed E-state index contributed by atoms with van der Waals surface area (Å²) >= 11 is 0. The van der Waals surface area contributed by atoms with Crippen LogP contribution >= 0.6 is 0 Å². The van der Waals surface area contributed by atoms with E-state index in [1.807, 2.05) is 43.3 Å². The second-order valence-corrected chi connectivity index (χ2v) is 7.63. The fourth-order valence-corrected chi connectivity index (χ4v) is 3.42. The average Bonchev–Trinajstić information content (AvgIpc) is 2.70. The van der Waals surface area contributed by atoms with E-state index in [1.54, 1.807) is 24.3 Å². The number of fused-ring (bicyclic) bond motifs is 1. The molecule has 0 aliphatic rings. The molecule has 2 N–H and O–H groups in total. The molecule has 0 aliphatic carbocycles. The van der Waals surface area contributed by atoms with E-state index in [0.717, 1.165) is 22.8 Å². The topological polar surface area (TPSA) is 84.5 Å². The Balaban J connectivity index is 1.57. The normalized spacial score (nSPS) is 11.3. The van der Waals surface area contributed by atoms with E-state index in [9.17, 15) is 13.2 Å². The van der Waals surface area contributed by atoms with Gasteiger partial charge in [-0.1, -0.05) is 49.4 Å². The summed E-state index contributed by atoms with van der Waals surface area (Å²) in [6.07, 6.45) is 0.914. The first-order chi connectivity index (χ1) is 13.0. The Morgan fingerprint density at radius 3 is 2.37 bits per heavy atom. The lowest BCUT2D eigenvalue weighted by Gasteiger charge is -2.10. The summed E-state index contributed by atoms with van der Waals surface area (Å²) in [5.41, 5.74) is 3.32. The van der Waals surface area contributed by atoms with Gasteiger partial charge < -0.3 is 4.74 Å². The molecule has 0 radical (unpaired) electrons. The molecular formula is C20H20N2O4S. The predicted molar refractivity (Wildman–Crippen MR) is 104 cm³/mol. The number of benzene rings is 3. The maximum Gasteiger partial charge on any atom is 0.272 e. The number of rotatable bonds is 7. The molecule has 0 bridgehead atoms. The molecular weight excluding hydrogens is 364 g/mol. The van der Waals surface area contributed by atoms with Crippen LogP contribution < -0.4 is 15.0 Å². The highest BCUT2D eigenvalue weighted by atomic mass is 32.2. The van der Waals surface area contributed by atoms with Crippen LogP contribution in [-0.4, -0.2) is 20.9 Å². The Morgan fingerprint density at radius 1 is 0.963 bits per heavy atom. The zero-order chi connectivity index (χ0) is 19.3. The Hall–Kier alpha value is -2.90. The van der Waals surface area contributed by atoms with E-state index in [1.165, 1.54) is 6.07 Å². The third kappa shape index (κ3) is 4.84. The third-order valence-electron chi connectivity index (χ3n) is 4.06. The molecule has 3 aromatic rings. The fourth-order valence-electron chi connectivity index (χ4n) is 2.52. The van der Waals surface area contributed by atoms with E-state index < -0.39 is 15.9 Å². The highest BCUT2D eigenvalue weighted by Gasteiger charge is 2.15. The van der Waals surface area contributed by atoms with Crippen molar-refractivity contribution in [3.05, 3.63) is 72.3 Å². The highest BCUT2D eigenvalue weighted by molar-refractivity contribution is 7.89. The molecule has 0 aliphatic heterocycles. The molecule has 7 heteroatoms. The summed E-state index contributed by atoms with van der Waals surface area (Å²) in [7, 11) is -3.88. The highest BCUT2D eigenvalue weighted by Crippen LogP contribution is 2.18. The first-order valence-corrected chi connectivity index (χ1v) is 9.97. The van der Waals surface area contributed by atoms with Crippen LogP contribution in [0.5, 0.6) is 5.75 Å². The summed E-state index contributed by atoms with van der Waals surface area (Å²) in [6.45, 7) is 1.75. The van der Waals surface area contributed by atoms with Gasteiger partial charge in [-0.2, -0.15) is 0 Å². The first-order valence-electron chi connectivity index (χ1n) is 8.49. The second kappa shape index (κ2) is 8.20. The van der Waals surface area contributed by atoms with Gasteiger partial charge in [0.25, 0.3) is 15.9 Å². The third-order valence-corrected chi connectivity index (χ3v) is 5.30. The molecule has 0 saturated heterocycles. The van der Waals surface area contributed by atoms with E-state index in [0.29, 0.717) is 5.75 Å². The van der Waals surface area contributed by atoms with Crippen LogP contribution in [0.2, 0.25) is 0 Å². The van der Waals surface area contributed by atoms with Crippen molar-refractivity contribution in [2.45, 2.75) is 18.2 Å². The zero-order valence-corrected chi connectivity index (χ0v) is 15.6. The number of nitrogens with one attached hydrogen (secondary N) is 2. The van der Waals surface area contributed by atoms with Crippen LogP contribution in [0.1, 0.15) is 12.5 Å². The van der Waals surface area contributed by atoms with Gasteiger partial charge in [-0.05, 0) is 47.0 Å². The minimum absolute atomic E-state index is 0.0672. The SMILES string of the molecule is CCc1ccc(OCC(=O)NNS(=O)(=O)c2ccc3ccccc3c2)cc1. The number of aryl methyl sites for hydroxylation is 1. The van der Waals surface area contributed by atoms with Gasteiger partial charge in [0.1, 0.15) is 5.75 Å². The molecule has 140 valence electrons. The zero-order valence-electron chi connectivity index (χ0n) is 14.8. The minimum atomic E-state index is -3.88. The van der Waals surface area contributed by atoms with Crippen molar-refractivity contribution in [2.24, 2.45) is 0 Å². The quantitative estimate of drug-likeness (QED) is 0.614. The van der Waals surface area contributed by atoms with Crippen molar-refractivity contribution in [3.8, 4) is 5.75 Å². The molecule has 0 spiro atoms. The molecule has 0 saturated carbocycles. The largest absolute Gasteiger partial charge is 0.484 e. The molecule has 3 aromatic carbocycles. The summed E-state index contributed by atoms with van der Waals surface area (Å²) in [5, 5.41) is 1.73. The minimum Gasteiger partial charge on any atom is -0.484 e. The van der Waals surface area contributed by atoms with Crippen LogP contribution in [0, 0.1) is 0 Å². The van der Waals surface area contributed by atoms with Gasteiger partial charge in [-0.25, -0.2) is 8.42 Å². The summed E-state index contributed by atoms with van der Waals surface area (Å²) in [4.78, 5) is 14.0. The van der Waals surface area contributed by atoms with Gasteiger partial charge in [0, 0.05) is 0 Å². The smallest absolute Gasteiger partial charge is 0.272 e. The summed E-state index contributed by atoms with van der Waals surface area (Å²) in [5.74, 6) is -0.0568. The number of hydrogen-bond acceptors (Lipinski definition) is 4. The van der Waals surface area contributed by atoms with Gasteiger partial charge >= 0.3 is 0 Å². The van der Waals surface area contributed by atoms with Gasteiger partial charge in [0.2, 0.25) is 0 Å². The average molecular weight is 384 g/mol. The van der Waals surface area contributed by atoms with E-state index in [-0.39, 0.29) is 11.5 Å². The number of hydrazine groups is 1. The van der Waals surface area contributed by atoms with E-state index >= 15 is 0 Å². The van der Waals surface area contributed by atoms with Crippen LogP contribution in [0.15, 0.2) is 71.6 Å². The first kappa shape index (κ1) is 18.9. The maximum atomic E-state index is 12.4. The summed E-state index contributed by atoms with van der Waals surface area (Å²) in [6, 6.07) is 19.5. The molecule has 6 nitrogen and oxygen atoms in total. The van der Waals surface area contributed by atoms with Crippen molar-refractivity contribution >= 4 is 26.7 Å². The van der Waals surface area contributed by atoms with Crippen molar-refractivity contribution < 1.29 is 17.9 Å². The number of ether oxygens (including phenoxy) is 1. The maximum absolute atomic E-state index is 12.4. The van der Waals surface area contributed by atoms with Crippen molar-refractivity contribution in [3.63, 3.8) is 0 Å². The van der Waals surface area contributed by atoms with Crippen molar-refractivity contribution in [1.29, 1.82) is 0 Å². The molecule has 3 rings (SSSR count). The lowest BCUT2D eigenvalue weighted by molar-refractivity contribution is -0.123. The number of carbonyl (C=O) groups excluding carboxylic acids is 1. The van der Waals surface area contributed by atoms with Gasteiger partial charge in [0.15, 0.2) is 6.61 Å². The Bertz CT molecular complexity index is 1050. The van der Waals surface area contributed by atoms with Crippen LogP contribution in [0.25, 0.3) is 10.8 Å². The number of sulfonamides is 1. The Morgan fingerprint density at radius 2 is 1.67 bits per heavy atom. The van der Waals surface area contributed by atoms with E-state index in [2.05, 4.69) is 10.3 Å². The Kier molecular flexibility index (Phi) is 5.73. The molecule has 0 fully saturated rings. The number of amides is 1. The number of hydrogen-bond donors (Lipinski definition) is 2. The van der Waals surface area contributed by atoms with Crippen LogP contribution in [0.3, 0.4) is 0 Å². The standard InChI is InChI=1S/C20H20N2O4S/c1-2-15-7-10-18(11-8-15)26-14-20(23)21-22-27(24,25)19-12-9-16-5-3-4-6-17(16)13-19/h3-13,22H,2,14H2,1H3,(H,21,23). The molecule has 0 aromatic heterocycles. The lowest BCUT2D eigenvalue weighted by Crippen LogP contribution is -2.43. The molecule has 0 unspecified atom stereocenters. The van der Waals surface area contributed by atoms with Gasteiger partial charge in [-0.15, -0.1) is 4.83 Å². The number of carbonyl (C=O) groups is 1. The monoisotopic (exact) mass is 384 g/mol. The van der Waals surface area contributed by atoms with Crippen molar-refractivity contribution in [2.75, 3.05) is 6.61 Å².